The molecule has 1 aromatic carbocycles. The monoisotopic (exact) mass is 315 g/mol. The molecule has 0 saturated carbocycles. The molecule has 1 aliphatic rings. The zero-order chi connectivity index (χ0) is 16.4. The lowest BCUT2D eigenvalue weighted by Crippen LogP contribution is -2.11. The van der Waals surface area contributed by atoms with Gasteiger partial charge in [-0.2, -0.15) is 0 Å². The molecule has 0 spiro atoms. The fourth-order valence-corrected chi connectivity index (χ4v) is 3.04. The van der Waals surface area contributed by atoms with Crippen molar-refractivity contribution >= 4 is 11.6 Å². The van der Waals surface area contributed by atoms with Crippen LogP contribution in [-0.2, 0) is 0 Å². The third kappa shape index (κ3) is 2.47. The van der Waals surface area contributed by atoms with E-state index in [0.29, 0.717) is 19.0 Å². The second kappa shape index (κ2) is 6.26. The van der Waals surface area contributed by atoms with Crippen molar-refractivity contribution in [3.63, 3.8) is 0 Å². The third-order valence-electron chi connectivity index (χ3n) is 4.08. The van der Waals surface area contributed by atoms with E-state index in [1.807, 2.05) is 24.5 Å². The predicted molar refractivity (Wildman–Crippen MR) is 95.4 cm³/mol. The van der Waals surface area contributed by atoms with Gasteiger partial charge >= 0.3 is 0 Å². The van der Waals surface area contributed by atoms with Gasteiger partial charge < -0.3 is 10.5 Å². The average Bonchev–Trinajstić information content (AvgIpc) is 2.95. The van der Waals surface area contributed by atoms with Crippen LogP contribution in [0.15, 0.2) is 61.1 Å². The molecular weight excluding hydrogens is 298 g/mol. The van der Waals surface area contributed by atoms with Crippen LogP contribution < -0.4 is 10.5 Å². The molecule has 0 amide bonds. The smallest absolute Gasteiger partial charge is 0.220 e. The van der Waals surface area contributed by atoms with Crippen LogP contribution in [0.2, 0.25) is 0 Å². The normalized spacial score (nSPS) is 13.6. The Hall–Kier alpha value is -2.98. The summed E-state index contributed by atoms with van der Waals surface area (Å²) in [4.78, 5) is 8.63. The van der Waals surface area contributed by atoms with E-state index in [0.717, 1.165) is 16.7 Å². The highest BCUT2D eigenvalue weighted by atomic mass is 16.5. The van der Waals surface area contributed by atoms with Crippen LogP contribution in [0.1, 0.15) is 16.7 Å². The van der Waals surface area contributed by atoms with E-state index < -0.39 is 0 Å². The first kappa shape index (κ1) is 14.6. The largest absolute Gasteiger partial charge is 0.476 e. The molecule has 0 radical (unpaired) electrons. The van der Waals surface area contributed by atoms with Crippen molar-refractivity contribution in [3.05, 3.63) is 77.7 Å². The second-order valence-electron chi connectivity index (χ2n) is 5.56. The number of benzene rings is 1. The summed E-state index contributed by atoms with van der Waals surface area (Å²) in [5.74, 6) is 0.602. The number of hydrogen-bond donors (Lipinski definition) is 1. The zero-order valence-corrected chi connectivity index (χ0v) is 13.1. The van der Waals surface area contributed by atoms with Gasteiger partial charge in [-0.3, -0.25) is 4.98 Å². The van der Waals surface area contributed by atoms with Crippen LogP contribution in [0.4, 0.5) is 0 Å². The minimum atomic E-state index is 0.446. The Morgan fingerprint density at radius 1 is 0.917 bits per heavy atom. The molecule has 4 nitrogen and oxygen atoms in total. The number of fused-ring (bicyclic) bond motifs is 3. The lowest BCUT2D eigenvalue weighted by molar-refractivity contribution is 0.315. The van der Waals surface area contributed by atoms with Crippen LogP contribution >= 0.6 is 0 Å². The third-order valence-corrected chi connectivity index (χ3v) is 4.08. The van der Waals surface area contributed by atoms with Gasteiger partial charge in [-0.25, -0.2) is 4.98 Å². The Bertz CT molecular complexity index is 871. The van der Waals surface area contributed by atoms with Gasteiger partial charge in [0.2, 0.25) is 5.88 Å². The molecule has 0 bridgehead atoms. The molecule has 0 unspecified atom stereocenters. The Kier molecular flexibility index (Phi) is 3.81. The summed E-state index contributed by atoms with van der Waals surface area (Å²) >= 11 is 0. The van der Waals surface area contributed by atoms with Crippen LogP contribution in [0, 0.1) is 0 Å². The highest BCUT2D eigenvalue weighted by Gasteiger charge is 2.23. The van der Waals surface area contributed by atoms with Gasteiger partial charge in [0.1, 0.15) is 6.61 Å². The summed E-state index contributed by atoms with van der Waals surface area (Å²) in [5, 5.41) is 0. The van der Waals surface area contributed by atoms with Crippen molar-refractivity contribution in [2.24, 2.45) is 5.73 Å². The number of nitrogens with two attached hydrogens (primary N) is 1. The number of aromatic nitrogens is 2. The maximum Gasteiger partial charge on any atom is 0.220 e. The molecule has 0 fully saturated rings. The summed E-state index contributed by atoms with van der Waals surface area (Å²) in [7, 11) is 0. The second-order valence-corrected chi connectivity index (χ2v) is 5.56. The molecule has 0 saturated heterocycles. The van der Waals surface area contributed by atoms with Gasteiger partial charge in [0, 0.05) is 36.3 Å². The molecule has 24 heavy (non-hydrogen) atoms. The number of hydrogen-bond acceptors (Lipinski definition) is 4. The van der Waals surface area contributed by atoms with Crippen LogP contribution in [-0.4, -0.2) is 23.1 Å². The number of nitrogens with zero attached hydrogens (tertiary/aromatic N) is 2. The molecule has 2 heterocycles. The Labute approximate surface area is 140 Å². The Morgan fingerprint density at radius 3 is 2.62 bits per heavy atom. The lowest BCUT2D eigenvalue weighted by Gasteiger charge is -2.08. The summed E-state index contributed by atoms with van der Waals surface area (Å²) < 4.78 is 5.68. The molecule has 0 aliphatic heterocycles. The molecule has 4 rings (SSSR count). The van der Waals surface area contributed by atoms with Crippen molar-refractivity contribution in [1.29, 1.82) is 0 Å². The van der Waals surface area contributed by atoms with Gasteiger partial charge in [-0.05, 0) is 46.5 Å². The lowest BCUT2D eigenvalue weighted by atomic mass is 10.0. The van der Waals surface area contributed by atoms with Crippen molar-refractivity contribution in [1.82, 2.24) is 9.97 Å². The van der Waals surface area contributed by atoms with Gasteiger partial charge in [-0.15, -0.1) is 0 Å². The molecular formula is C20H17N3O. The van der Waals surface area contributed by atoms with E-state index >= 15 is 0 Å². The minimum absolute atomic E-state index is 0.446. The molecule has 118 valence electrons. The van der Waals surface area contributed by atoms with E-state index in [1.54, 1.807) is 6.20 Å². The molecule has 3 aromatic rings. The first-order chi connectivity index (χ1) is 11.9. The summed E-state index contributed by atoms with van der Waals surface area (Å²) in [6.45, 7) is 0.907. The van der Waals surface area contributed by atoms with Crippen molar-refractivity contribution in [2.75, 3.05) is 13.2 Å². The summed E-state index contributed by atoms with van der Waals surface area (Å²) in [5.41, 5.74) is 12.4. The fraction of sp³-hybridized carbons (Fsp3) is 0.100. The van der Waals surface area contributed by atoms with E-state index in [-0.39, 0.29) is 0 Å². The van der Waals surface area contributed by atoms with Gasteiger partial charge in [-0.1, -0.05) is 24.3 Å². The number of pyridine rings is 2. The Balaban J connectivity index is 1.87. The van der Waals surface area contributed by atoms with E-state index in [4.69, 9.17) is 10.5 Å². The van der Waals surface area contributed by atoms with Gasteiger partial charge in [0.15, 0.2) is 0 Å². The highest BCUT2D eigenvalue weighted by molar-refractivity contribution is 6.06. The number of rotatable bonds is 4. The van der Waals surface area contributed by atoms with Crippen LogP contribution in [0.3, 0.4) is 0 Å². The standard InChI is InChI=1S/C20H17N3O/c21-8-11-24-20-14(4-3-9-23-20)12-18-16-6-2-1-5-15(16)17-7-10-22-13-19(17)18/h1-7,9-10,12-13H,8,11,21H2. The van der Waals surface area contributed by atoms with Gasteiger partial charge in [0.05, 0.1) is 0 Å². The molecule has 1 aliphatic carbocycles. The maximum atomic E-state index is 5.68. The molecule has 4 heteroatoms. The molecule has 2 aromatic heterocycles. The molecule has 2 N–H and O–H groups in total. The van der Waals surface area contributed by atoms with E-state index in [9.17, 15) is 0 Å². The maximum absolute atomic E-state index is 5.68. The van der Waals surface area contributed by atoms with Crippen LogP contribution in [0.25, 0.3) is 22.8 Å². The Morgan fingerprint density at radius 2 is 1.75 bits per heavy atom. The zero-order valence-electron chi connectivity index (χ0n) is 13.1. The van der Waals surface area contributed by atoms with E-state index in [2.05, 4.69) is 46.4 Å². The average molecular weight is 315 g/mol. The predicted octanol–water partition coefficient (Wildman–Crippen LogP) is 3.38. The summed E-state index contributed by atoms with van der Waals surface area (Å²) in [6.07, 6.45) is 7.59. The van der Waals surface area contributed by atoms with E-state index in [1.165, 1.54) is 16.7 Å². The summed E-state index contributed by atoms with van der Waals surface area (Å²) in [6, 6.07) is 14.4. The van der Waals surface area contributed by atoms with Crippen molar-refractivity contribution < 1.29 is 4.74 Å². The van der Waals surface area contributed by atoms with Crippen LogP contribution in [0.5, 0.6) is 5.88 Å². The van der Waals surface area contributed by atoms with Crippen molar-refractivity contribution in [2.45, 2.75) is 0 Å². The molecule has 0 atom stereocenters. The SMILES string of the molecule is NCCOc1ncccc1C=C1c2ccccc2-c2ccncc21. The van der Waals surface area contributed by atoms with Gasteiger partial charge in [0.25, 0.3) is 0 Å². The topological polar surface area (TPSA) is 61.0 Å². The van der Waals surface area contributed by atoms with Crippen molar-refractivity contribution in [3.8, 4) is 17.0 Å². The number of ether oxygens (including phenoxy) is 1. The fourth-order valence-electron chi connectivity index (χ4n) is 3.04. The first-order valence-electron chi connectivity index (χ1n) is 7.92. The quantitative estimate of drug-likeness (QED) is 0.627. The highest BCUT2D eigenvalue weighted by Crippen LogP contribution is 2.44. The first-order valence-corrected chi connectivity index (χ1v) is 7.92. The minimum Gasteiger partial charge on any atom is -0.476 e.